The number of aliphatic hydroxyl groups excluding tert-OH is 1. The van der Waals surface area contributed by atoms with Gasteiger partial charge in [-0.25, -0.2) is 0 Å². The Morgan fingerprint density at radius 1 is 1.31 bits per heavy atom. The molecule has 1 N–H and O–H groups in total. The molecule has 2 fully saturated rings. The number of nitrogens with zero attached hydrogens (tertiary/aromatic N) is 2. The van der Waals surface area contributed by atoms with Crippen molar-refractivity contribution >= 4 is 0 Å². The predicted molar refractivity (Wildman–Crippen MR) is 52.4 cm³/mol. The van der Waals surface area contributed by atoms with Crippen molar-refractivity contribution in [2.45, 2.75) is 25.4 Å². The topological polar surface area (TPSA) is 26.7 Å². The van der Waals surface area contributed by atoms with Gasteiger partial charge in [0, 0.05) is 26.2 Å². The molecule has 0 aromatic carbocycles. The van der Waals surface area contributed by atoms with Crippen LogP contribution in [0.3, 0.4) is 0 Å². The molecule has 3 heteroatoms. The van der Waals surface area contributed by atoms with Crippen LogP contribution < -0.4 is 0 Å². The Morgan fingerprint density at radius 3 is 2.92 bits per heavy atom. The van der Waals surface area contributed by atoms with Crippen molar-refractivity contribution in [1.29, 1.82) is 0 Å². The molecule has 0 saturated carbocycles. The summed E-state index contributed by atoms with van der Waals surface area (Å²) >= 11 is 0. The van der Waals surface area contributed by atoms with E-state index in [0.717, 1.165) is 6.42 Å². The van der Waals surface area contributed by atoms with Gasteiger partial charge in [0.05, 0.1) is 6.17 Å². The maximum Gasteiger partial charge on any atom is 0.0650 e. The number of hydrogen-bond acceptors (Lipinski definition) is 3. The molecule has 0 aromatic rings. The maximum atomic E-state index is 8.97. The molecule has 76 valence electrons. The lowest BCUT2D eigenvalue weighted by molar-refractivity contribution is 0.0250. The minimum atomic E-state index is 0.350. The molecule has 0 spiro atoms. The van der Waals surface area contributed by atoms with Gasteiger partial charge in [-0.05, 0) is 32.2 Å². The third-order valence-corrected chi connectivity index (χ3v) is 3.49. The molecular weight excluding hydrogens is 164 g/mol. The summed E-state index contributed by atoms with van der Waals surface area (Å²) in [4.78, 5) is 5.03. The van der Waals surface area contributed by atoms with Crippen LogP contribution in [0.2, 0.25) is 0 Å². The van der Waals surface area contributed by atoms with E-state index in [9.17, 15) is 0 Å². The Labute approximate surface area is 80.3 Å². The lowest BCUT2D eigenvalue weighted by atomic mass is 10.0. The predicted octanol–water partition coefficient (Wildman–Crippen LogP) is 0.352. The summed E-state index contributed by atoms with van der Waals surface area (Å²) in [7, 11) is 2.21. The van der Waals surface area contributed by atoms with Crippen molar-refractivity contribution < 1.29 is 5.11 Å². The molecule has 2 atom stereocenters. The third-order valence-electron chi connectivity index (χ3n) is 3.49. The molecular formula is C10H20N2O. The molecule has 2 aliphatic heterocycles. The van der Waals surface area contributed by atoms with Crippen LogP contribution >= 0.6 is 0 Å². The third kappa shape index (κ3) is 1.73. The van der Waals surface area contributed by atoms with Crippen molar-refractivity contribution in [3.63, 3.8) is 0 Å². The van der Waals surface area contributed by atoms with E-state index in [1.165, 1.54) is 32.5 Å². The monoisotopic (exact) mass is 184 g/mol. The lowest BCUT2D eigenvalue weighted by Gasteiger charge is -2.40. The summed E-state index contributed by atoms with van der Waals surface area (Å²) in [6.07, 6.45) is 4.18. The largest absolute Gasteiger partial charge is 0.396 e. The summed E-state index contributed by atoms with van der Waals surface area (Å²) in [5.74, 6) is 0.704. The first-order valence-corrected chi connectivity index (χ1v) is 5.38. The van der Waals surface area contributed by atoms with Crippen molar-refractivity contribution in [2.75, 3.05) is 33.3 Å². The first-order valence-electron chi connectivity index (χ1n) is 5.38. The average Bonchev–Trinajstić information content (AvgIpc) is 2.51. The molecule has 2 aliphatic rings. The molecule has 2 unspecified atom stereocenters. The fraction of sp³-hybridized carbons (Fsp3) is 1.00. The Kier molecular flexibility index (Phi) is 2.86. The van der Waals surface area contributed by atoms with Crippen LogP contribution in [0.4, 0.5) is 0 Å². The highest BCUT2D eigenvalue weighted by molar-refractivity contribution is 4.88. The zero-order chi connectivity index (χ0) is 9.26. The van der Waals surface area contributed by atoms with E-state index in [1.807, 2.05) is 0 Å². The minimum absolute atomic E-state index is 0.350. The van der Waals surface area contributed by atoms with Crippen LogP contribution in [-0.4, -0.2) is 54.4 Å². The van der Waals surface area contributed by atoms with E-state index >= 15 is 0 Å². The summed E-state index contributed by atoms with van der Waals surface area (Å²) in [6.45, 7) is 4.07. The van der Waals surface area contributed by atoms with Crippen LogP contribution in [0.5, 0.6) is 0 Å². The van der Waals surface area contributed by atoms with Crippen molar-refractivity contribution in [3.8, 4) is 0 Å². The van der Waals surface area contributed by atoms with Gasteiger partial charge in [-0.15, -0.1) is 0 Å². The van der Waals surface area contributed by atoms with Gasteiger partial charge in [0.1, 0.15) is 0 Å². The Hall–Kier alpha value is -0.120. The Balaban J connectivity index is 2.00. The molecule has 2 rings (SSSR count). The van der Waals surface area contributed by atoms with E-state index < -0.39 is 0 Å². The summed E-state index contributed by atoms with van der Waals surface area (Å²) in [5.41, 5.74) is 0. The second-order valence-corrected chi connectivity index (χ2v) is 4.34. The highest BCUT2D eigenvalue weighted by Crippen LogP contribution is 2.31. The highest BCUT2D eigenvalue weighted by Gasteiger charge is 2.37. The second kappa shape index (κ2) is 3.95. The van der Waals surface area contributed by atoms with Gasteiger partial charge in [-0.3, -0.25) is 9.80 Å². The van der Waals surface area contributed by atoms with Crippen LogP contribution in [0.15, 0.2) is 0 Å². The van der Waals surface area contributed by atoms with Gasteiger partial charge in [-0.1, -0.05) is 0 Å². The van der Waals surface area contributed by atoms with Gasteiger partial charge in [-0.2, -0.15) is 0 Å². The lowest BCUT2D eigenvalue weighted by Crippen LogP contribution is -2.51. The van der Waals surface area contributed by atoms with Gasteiger partial charge in [0.25, 0.3) is 0 Å². The van der Waals surface area contributed by atoms with E-state index in [-0.39, 0.29) is 0 Å². The molecule has 0 radical (unpaired) electrons. The maximum absolute atomic E-state index is 8.97. The molecule has 0 aliphatic carbocycles. The minimum Gasteiger partial charge on any atom is -0.396 e. The number of fused-ring (bicyclic) bond motifs is 1. The van der Waals surface area contributed by atoms with Gasteiger partial charge >= 0.3 is 0 Å². The van der Waals surface area contributed by atoms with E-state index in [0.29, 0.717) is 18.7 Å². The van der Waals surface area contributed by atoms with Crippen LogP contribution in [0, 0.1) is 5.92 Å². The fourth-order valence-electron chi connectivity index (χ4n) is 2.91. The van der Waals surface area contributed by atoms with Crippen LogP contribution in [0.25, 0.3) is 0 Å². The smallest absolute Gasteiger partial charge is 0.0650 e. The van der Waals surface area contributed by atoms with Gasteiger partial charge in [0.15, 0.2) is 0 Å². The standard InChI is InChI=1S/C10H20N2O/c1-11-5-2-6-12-7-3-9(4-8-13)10(11)12/h9-10,13H,2-8H2,1H3. The first-order chi connectivity index (χ1) is 6.33. The molecule has 2 saturated heterocycles. The molecule has 13 heavy (non-hydrogen) atoms. The average molecular weight is 184 g/mol. The van der Waals surface area contributed by atoms with Gasteiger partial charge < -0.3 is 5.11 Å². The Morgan fingerprint density at radius 2 is 2.15 bits per heavy atom. The van der Waals surface area contributed by atoms with Crippen molar-refractivity contribution in [3.05, 3.63) is 0 Å². The van der Waals surface area contributed by atoms with Crippen LogP contribution in [0.1, 0.15) is 19.3 Å². The quantitative estimate of drug-likeness (QED) is 0.671. The number of rotatable bonds is 2. The zero-order valence-corrected chi connectivity index (χ0v) is 8.45. The van der Waals surface area contributed by atoms with Crippen molar-refractivity contribution in [2.24, 2.45) is 5.92 Å². The zero-order valence-electron chi connectivity index (χ0n) is 8.45. The van der Waals surface area contributed by atoms with Gasteiger partial charge in [0.2, 0.25) is 0 Å². The summed E-state index contributed by atoms with van der Waals surface area (Å²) in [6, 6.07) is 0. The van der Waals surface area contributed by atoms with E-state index in [2.05, 4.69) is 16.8 Å². The fourth-order valence-corrected chi connectivity index (χ4v) is 2.91. The summed E-state index contributed by atoms with van der Waals surface area (Å²) in [5, 5.41) is 8.97. The molecule has 0 aromatic heterocycles. The van der Waals surface area contributed by atoms with E-state index in [1.54, 1.807) is 0 Å². The second-order valence-electron chi connectivity index (χ2n) is 4.34. The normalized spacial score (nSPS) is 36.5. The molecule has 2 heterocycles. The highest BCUT2D eigenvalue weighted by atomic mass is 16.3. The summed E-state index contributed by atoms with van der Waals surface area (Å²) < 4.78 is 0. The first kappa shape index (κ1) is 9.44. The number of aliphatic hydroxyl groups is 1. The number of hydrogen-bond donors (Lipinski definition) is 1. The SMILES string of the molecule is CN1CCCN2CCC(CCO)C12. The molecule has 0 bridgehead atoms. The molecule has 0 amide bonds. The Bertz CT molecular complexity index is 174. The molecule has 3 nitrogen and oxygen atoms in total. The van der Waals surface area contributed by atoms with E-state index in [4.69, 9.17) is 5.11 Å². The van der Waals surface area contributed by atoms with Crippen LogP contribution in [-0.2, 0) is 0 Å². The van der Waals surface area contributed by atoms with Crippen molar-refractivity contribution in [1.82, 2.24) is 9.80 Å².